The van der Waals surface area contributed by atoms with Gasteiger partial charge in [0.2, 0.25) is 0 Å². The Bertz CT molecular complexity index is 672. The van der Waals surface area contributed by atoms with Crippen molar-refractivity contribution in [1.82, 2.24) is 10.3 Å². The molecule has 0 spiro atoms. The average Bonchev–Trinajstić information content (AvgIpc) is 3.07. The number of hydrogen-bond donors (Lipinski definition) is 1. The van der Waals surface area contributed by atoms with Crippen LogP contribution in [0.5, 0.6) is 5.75 Å². The minimum absolute atomic E-state index is 0.230. The zero-order chi connectivity index (χ0) is 16.2. The van der Waals surface area contributed by atoms with Crippen LogP contribution in [0.3, 0.4) is 0 Å². The number of nitrogens with one attached hydrogen (secondary N) is 1. The van der Waals surface area contributed by atoms with Gasteiger partial charge in [0.05, 0.1) is 6.20 Å². The fourth-order valence-corrected chi connectivity index (χ4v) is 3.03. The first kappa shape index (κ1) is 15.9. The van der Waals surface area contributed by atoms with Crippen molar-refractivity contribution in [2.45, 2.75) is 25.9 Å². The summed E-state index contributed by atoms with van der Waals surface area (Å²) in [6.45, 7) is 3.68. The van der Waals surface area contributed by atoms with Gasteiger partial charge in [-0.2, -0.15) is 0 Å². The number of hydrogen-bond acceptors (Lipinski definition) is 3. The third kappa shape index (κ3) is 3.67. The first-order chi connectivity index (χ1) is 11.2. The van der Waals surface area contributed by atoms with E-state index in [1.165, 1.54) is 24.4 Å². The second-order valence-electron chi connectivity index (χ2n) is 5.83. The molecule has 3 nitrogen and oxygen atoms in total. The van der Waals surface area contributed by atoms with Crippen molar-refractivity contribution in [2.24, 2.45) is 5.92 Å². The Kier molecular flexibility index (Phi) is 4.86. The minimum Gasteiger partial charge on any atom is -0.485 e. The Labute approximate surface area is 134 Å². The first-order valence-electron chi connectivity index (χ1n) is 7.93. The maximum absolute atomic E-state index is 13.6. The van der Waals surface area contributed by atoms with Gasteiger partial charge in [-0.3, -0.25) is 4.98 Å². The highest BCUT2D eigenvalue weighted by atomic mass is 19.1. The predicted octanol–water partition coefficient (Wildman–Crippen LogP) is 3.65. The molecule has 1 saturated heterocycles. The highest BCUT2D eigenvalue weighted by molar-refractivity contribution is 5.35. The molecule has 0 saturated carbocycles. The minimum atomic E-state index is -0.378. The van der Waals surface area contributed by atoms with E-state index in [2.05, 4.69) is 10.3 Å². The van der Waals surface area contributed by atoms with E-state index in [4.69, 9.17) is 4.74 Å². The summed E-state index contributed by atoms with van der Waals surface area (Å²) in [6, 6.07) is 5.99. The average molecular weight is 318 g/mol. The van der Waals surface area contributed by atoms with Crippen LogP contribution in [0.1, 0.15) is 30.6 Å². The number of aryl methyl sites for hydroxylation is 1. The Morgan fingerprint density at radius 3 is 2.83 bits per heavy atom. The lowest BCUT2D eigenvalue weighted by atomic mass is 9.95. The standard InChI is InChI=1S/C18H20F2N2O/c1-2-12-7-15(19)3-4-17(12)23-18(13-5-6-21-9-13)14-8-16(20)11-22-10-14/h3-4,7-8,10-11,13,18,21H,2,5-6,9H2,1H3/t13?,18-/m0/s1. The summed E-state index contributed by atoms with van der Waals surface area (Å²) < 4.78 is 33.2. The van der Waals surface area contributed by atoms with Crippen molar-refractivity contribution in [3.05, 3.63) is 59.4 Å². The summed E-state index contributed by atoms with van der Waals surface area (Å²) in [5.74, 6) is 0.223. The highest BCUT2D eigenvalue weighted by Gasteiger charge is 2.29. The Balaban J connectivity index is 1.93. The Hall–Kier alpha value is -2.01. The van der Waals surface area contributed by atoms with Gasteiger partial charge >= 0.3 is 0 Å². The van der Waals surface area contributed by atoms with Crippen LogP contribution in [0.25, 0.3) is 0 Å². The molecule has 1 aromatic heterocycles. The first-order valence-corrected chi connectivity index (χ1v) is 7.93. The summed E-state index contributed by atoms with van der Waals surface area (Å²) in [6.07, 6.45) is 4.14. The van der Waals surface area contributed by atoms with Gasteiger partial charge in [0.25, 0.3) is 0 Å². The fraction of sp³-hybridized carbons (Fsp3) is 0.389. The number of rotatable bonds is 5. The summed E-state index contributed by atoms with van der Waals surface area (Å²) in [7, 11) is 0. The largest absolute Gasteiger partial charge is 0.485 e. The topological polar surface area (TPSA) is 34.1 Å². The van der Waals surface area contributed by atoms with Crippen LogP contribution in [0.15, 0.2) is 36.7 Å². The lowest BCUT2D eigenvalue weighted by molar-refractivity contribution is 0.142. The van der Waals surface area contributed by atoms with Crippen molar-refractivity contribution in [1.29, 1.82) is 0 Å². The summed E-state index contributed by atoms with van der Waals surface area (Å²) in [5.41, 5.74) is 1.52. The molecule has 3 rings (SSSR count). The van der Waals surface area contributed by atoms with Crippen LogP contribution in [0.2, 0.25) is 0 Å². The smallest absolute Gasteiger partial charge is 0.141 e. The van der Waals surface area contributed by atoms with E-state index >= 15 is 0 Å². The second kappa shape index (κ2) is 7.04. The van der Waals surface area contributed by atoms with Crippen LogP contribution in [0.4, 0.5) is 8.78 Å². The van der Waals surface area contributed by atoms with Crippen molar-refractivity contribution >= 4 is 0 Å². The van der Waals surface area contributed by atoms with Crippen LogP contribution in [-0.4, -0.2) is 18.1 Å². The fourth-order valence-electron chi connectivity index (χ4n) is 3.03. The molecule has 0 bridgehead atoms. The number of benzene rings is 1. The SMILES string of the molecule is CCc1cc(F)ccc1O[C@H](c1cncc(F)c1)C1CCNC1. The van der Waals surface area contributed by atoms with Gasteiger partial charge < -0.3 is 10.1 Å². The molecule has 1 fully saturated rings. The van der Waals surface area contributed by atoms with Crippen molar-refractivity contribution in [2.75, 3.05) is 13.1 Å². The molecule has 2 atom stereocenters. The van der Waals surface area contributed by atoms with Gasteiger partial charge in [0.1, 0.15) is 23.5 Å². The molecule has 122 valence electrons. The molecular weight excluding hydrogens is 298 g/mol. The third-order valence-corrected chi connectivity index (χ3v) is 4.24. The van der Waals surface area contributed by atoms with Crippen LogP contribution in [-0.2, 0) is 6.42 Å². The monoisotopic (exact) mass is 318 g/mol. The maximum atomic E-state index is 13.6. The number of pyridine rings is 1. The van der Waals surface area contributed by atoms with E-state index < -0.39 is 0 Å². The molecule has 0 radical (unpaired) electrons. The molecular formula is C18H20F2N2O. The molecule has 0 aliphatic carbocycles. The van der Waals surface area contributed by atoms with Crippen LogP contribution >= 0.6 is 0 Å². The van der Waals surface area contributed by atoms with E-state index in [0.29, 0.717) is 17.7 Å². The normalized spacial score (nSPS) is 18.8. The number of nitrogens with zero attached hydrogens (tertiary/aromatic N) is 1. The number of ether oxygens (including phenoxy) is 1. The molecule has 1 aromatic carbocycles. The molecule has 1 N–H and O–H groups in total. The quantitative estimate of drug-likeness (QED) is 0.914. The lowest BCUT2D eigenvalue weighted by Gasteiger charge is -2.26. The molecule has 2 heterocycles. The van der Waals surface area contributed by atoms with E-state index in [9.17, 15) is 8.78 Å². The highest BCUT2D eigenvalue weighted by Crippen LogP contribution is 2.33. The van der Waals surface area contributed by atoms with E-state index in [-0.39, 0.29) is 23.7 Å². The molecule has 23 heavy (non-hydrogen) atoms. The van der Waals surface area contributed by atoms with Gasteiger partial charge in [-0.15, -0.1) is 0 Å². The summed E-state index contributed by atoms with van der Waals surface area (Å²) in [5, 5.41) is 3.31. The van der Waals surface area contributed by atoms with E-state index in [1.54, 1.807) is 12.3 Å². The molecule has 1 unspecified atom stereocenters. The van der Waals surface area contributed by atoms with Crippen LogP contribution < -0.4 is 10.1 Å². The van der Waals surface area contributed by atoms with E-state index in [0.717, 1.165) is 25.1 Å². The molecule has 0 amide bonds. The van der Waals surface area contributed by atoms with Gasteiger partial charge in [-0.25, -0.2) is 8.78 Å². The van der Waals surface area contributed by atoms with Crippen LogP contribution in [0, 0.1) is 17.6 Å². The number of aromatic nitrogens is 1. The Morgan fingerprint density at radius 2 is 2.13 bits per heavy atom. The maximum Gasteiger partial charge on any atom is 0.141 e. The van der Waals surface area contributed by atoms with Crippen molar-refractivity contribution < 1.29 is 13.5 Å². The molecule has 1 aliphatic rings. The second-order valence-corrected chi connectivity index (χ2v) is 5.83. The predicted molar refractivity (Wildman–Crippen MR) is 84.3 cm³/mol. The lowest BCUT2D eigenvalue weighted by Crippen LogP contribution is -2.22. The van der Waals surface area contributed by atoms with Crippen molar-refractivity contribution in [3.8, 4) is 5.75 Å². The van der Waals surface area contributed by atoms with Crippen molar-refractivity contribution in [3.63, 3.8) is 0 Å². The zero-order valence-corrected chi connectivity index (χ0v) is 13.1. The summed E-state index contributed by atoms with van der Waals surface area (Å²) in [4.78, 5) is 3.94. The molecule has 5 heteroatoms. The van der Waals surface area contributed by atoms with Gasteiger partial charge in [-0.1, -0.05) is 6.92 Å². The van der Waals surface area contributed by atoms with Gasteiger partial charge in [0.15, 0.2) is 0 Å². The Morgan fingerprint density at radius 1 is 1.26 bits per heavy atom. The van der Waals surface area contributed by atoms with Gasteiger partial charge in [0, 0.05) is 24.2 Å². The van der Waals surface area contributed by atoms with Gasteiger partial charge in [-0.05, 0) is 49.2 Å². The number of halogens is 2. The third-order valence-electron chi connectivity index (χ3n) is 4.24. The summed E-state index contributed by atoms with van der Waals surface area (Å²) >= 11 is 0. The van der Waals surface area contributed by atoms with E-state index in [1.807, 2.05) is 6.92 Å². The zero-order valence-electron chi connectivity index (χ0n) is 13.1. The molecule has 1 aliphatic heterocycles. The molecule has 2 aromatic rings.